The summed E-state index contributed by atoms with van der Waals surface area (Å²) in [6.45, 7) is 2.38. The smallest absolute Gasteiger partial charge is 0.131 e. The van der Waals surface area contributed by atoms with E-state index in [2.05, 4.69) is 6.92 Å². The van der Waals surface area contributed by atoms with E-state index in [1.165, 1.54) is 25.3 Å². The van der Waals surface area contributed by atoms with E-state index in [9.17, 15) is 4.39 Å². The van der Waals surface area contributed by atoms with Crippen LogP contribution in [0.15, 0.2) is 18.2 Å². The van der Waals surface area contributed by atoms with Crippen LogP contribution in [-0.4, -0.2) is 6.10 Å². The lowest BCUT2D eigenvalue weighted by atomic mass is 9.84. The van der Waals surface area contributed by atoms with Crippen LogP contribution in [0, 0.1) is 11.7 Å². The number of benzene rings is 1. The molecule has 0 amide bonds. The molecule has 2 N–H and O–H groups in total. The summed E-state index contributed by atoms with van der Waals surface area (Å²) in [5.74, 6) is 0.953. The van der Waals surface area contributed by atoms with E-state index in [0.717, 1.165) is 12.8 Å². The molecule has 0 heterocycles. The summed E-state index contributed by atoms with van der Waals surface area (Å²) >= 11 is 0. The molecular formula is C15H22FNO. The Kier molecular flexibility index (Phi) is 4.59. The standard InChI is InChI=1S/C15H22FNO/c1-2-11-6-3-4-8-14(11)18-15-9-5-7-13(16)12(15)10-17/h5,7,9,11,14H,2-4,6,8,10,17H2,1H3. The summed E-state index contributed by atoms with van der Waals surface area (Å²) in [6, 6.07) is 4.95. The van der Waals surface area contributed by atoms with Crippen molar-refractivity contribution in [3.8, 4) is 5.75 Å². The Labute approximate surface area is 108 Å². The minimum atomic E-state index is -0.265. The maximum Gasteiger partial charge on any atom is 0.131 e. The lowest BCUT2D eigenvalue weighted by Crippen LogP contribution is -2.30. The third kappa shape index (κ3) is 2.83. The summed E-state index contributed by atoms with van der Waals surface area (Å²) in [5, 5.41) is 0. The molecule has 1 fully saturated rings. The molecule has 2 nitrogen and oxygen atoms in total. The van der Waals surface area contributed by atoms with Gasteiger partial charge in [-0.2, -0.15) is 0 Å². The first-order chi connectivity index (χ1) is 8.76. The van der Waals surface area contributed by atoms with E-state index in [1.807, 2.05) is 6.07 Å². The van der Waals surface area contributed by atoms with Crippen molar-refractivity contribution in [2.45, 2.75) is 51.7 Å². The molecule has 0 bridgehead atoms. The Morgan fingerprint density at radius 3 is 2.83 bits per heavy atom. The second-order valence-corrected chi connectivity index (χ2v) is 5.03. The average molecular weight is 251 g/mol. The fourth-order valence-electron chi connectivity index (χ4n) is 2.81. The van der Waals surface area contributed by atoms with Crippen molar-refractivity contribution >= 4 is 0 Å². The van der Waals surface area contributed by atoms with Crippen LogP contribution in [0.25, 0.3) is 0 Å². The predicted octanol–water partition coefficient (Wildman–Crippen LogP) is 3.63. The van der Waals surface area contributed by atoms with Gasteiger partial charge in [0.15, 0.2) is 0 Å². The van der Waals surface area contributed by atoms with Crippen LogP contribution in [-0.2, 0) is 6.54 Å². The van der Waals surface area contributed by atoms with Gasteiger partial charge in [0.1, 0.15) is 17.7 Å². The Balaban J connectivity index is 2.15. The second-order valence-electron chi connectivity index (χ2n) is 5.03. The number of nitrogens with two attached hydrogens (primary N) is 1. The zero-order chi connectivity index (χ0) is 13.0. The third-order valence-corrected chi connectivity index (χ3v) is 3.92. The Hall–Kier alpha value is -1.09. The molecule has 100 valence electrons. The van der Waals surface area contributed by atoms with E-state index in [0.29, 0.717) is 17.2 Å². The average Bonchev–Trinajstić information content (AvgIpc) is 2.40. The van der Waals surface area contributed by atoms with Gasteiger partial charge in [0.25, 0.3) is 0 Å². The Morgan fingerprint density at radius 1 is 1.33 bits per heavy atom. The van der Waals surface area contributed by atoms with Crippen molar-refractivity contribution in [2.75, 3.05) is 0 Å². The quantitative estimate of drug-likeness (QED) is 0.886. The molecule has 1 aromatic rings. The van der Waals surface area contributed by atoms with E-state index >= 15 is 0 Å². The maximum atomic E-state index is 13.6. The summed E-state index contributed by atoms with van der Waals surface area (Å²) in [6.07, 6.45) is 6.11. The highest BCUT2D eigenvalue weighted by atomic mass is 19.1. The van der Waals surface area contributed by atoms with Crippen molar-refractivity contribution in [1.29, 1.82) is 0 Å². The summed E-state index contributed by atoms with van der Waals surface area (Å²) in [5.41, 5.74) is 6.10. The Morgan fingerprint density at radius 2 is 2.11 bits per heavy atom. The number of rotatable bonds is 4. The molecule has 1 aliphatic carbocycles. The molecule has 3 heteroatoms. The van der Waals surface area contributed by atoms with Gasteiger partial charge in [-0.05, 0) is 43.7 Å². The molecule has 1 aliphatic rings. The molecule has 2 rings (SSSR count). The van der Waals surface area contributed by atoms with Crippen molar-refractivity contribution < 1.29 is 9.13 Å². The van der Waals surface area contributed by atoms with Crippen LogP contribution in [0.5, 0.6) is 5.75 Å². The Bertz CT molecular complexity index is 394. The molecule has 18 heavy (non-hydrogen) atoms. The summed E-state index contributed by atoms with van der Waals surface area (Å²) in [7, 11) is 0. The monoisotopic (exact) mass is 251 g/mol. The molecule has 2 unspecified atom stereocenters. The minimum absolute atomic E-state index is 0.186. The minimum Gasteiger partial charge on any atom is -0.490 e. The van der Waals surface area contributed by atoms with Gasteiger partial charge in [-0.25, -0.2) is 4.39 Å². The van der Waals surface area contributed by atoms with Crippen molar-refractivity contribution in [3.63, 3.8) is 0 Å². The van der Waals surface area contributed by atoms with E-state index in [-0.39, 0.29) is 18.5 Å². The SMILES string of the molecule is CCC1CCCCC1Oc1cccc(F)c1CN. The number of ether oxygens (including phenoxy) is 1. The molecule has 0 saturated heterocycles. The van der Waals surface area contributed by atoms with Crippen LogP contribution in [0.2, 0.25) is 0 Å². The molecular weight excluding hydrogens is 229 g/mol. The molecule has 0 aliphatic heterocycles. The van der Waals surface area contributed by atoms with Crippen LogP contribution < -0.4 is 10.5 Å². The van der Waals surface area contributed by atoms with E-state index in [4.69, 9.17) is 10.5 Å². The van der Waals surface area contributed by atoms with Gasteiger partial charge >= 0.3 is 0 Å². The molecule has 0 radical (unpaired) electrons. The van der Waals surface area contributed by atoms with Gasteiger partial charge in [-0.15, -0.1) is 0 Å². The van der Waals surface area contributed by atoms with Gasteiger partial charge in [-0.3, -0.25) is 0 Å². The third-order valence-electron chi connectivity index (χ3n) is 3.92. The van der Waals surface area contributed by atoms with Crippen molar-refractivity contribution in [2.24, 2.45) is 11.7 Å². The zero-order valence-electron chi connectivity index (χ0n) is 11.0. The predicted molar refractivity (Wildman–Crippen MR) is 71.0 cm³/mol. The van der Waals surface area contributed by atoms with Crippen LogP contribution in [0.1, 0.15) is 44.6 Å². The van der Waals surface area contributed by atoms with Gasteiger partial charge in [-0.1, -0.05) is 19.4 Å². The number of hydrogen-bond donors (Lipinski definition) is 1. The van der Waals surface area contributed by atoms with Crippen LogP contribution in [0.3, 0.4) is 0 Å². The molecule has 0 aromatic heterocycles. The zero-order valence-corrected chi connectivity index (χ0v) is 11.0. The van der Waals surface area contributed by atoms with Crippen molar-refractivity contribution in [3.05, 3.63) is 29.6 Å². The largest absolute Gasteiger partial charge is 0.490 e. The highest BCUT2D eigenvalue weighted by Crippen LogP contribution is 2.32. The highest BCUT2D eigenvalue weighted by molar-refractivity contribution is 5.34. The topological polar surface area (TPSA) is 35.2 Å². The lowest BCUT2D eigenvalue weighted by Gasteiger charge is -2.31. The molecule has 1 saturated carbocycles. The molecule has 0 spiro atoms. The fraction of sp³-hybridized carbons (Fsp3) is 0.600. The van der Waals surface area contributed by atoms with Gasteiger partial charge in [0.05, 0.1) is 0 Å². The van der Waals surface area contributed by atoms with Crippen molar-refractivity contribution in [1.82, 2.24) is 0 Å². The first-order valence-corrected chi connectivity index (χ1v) is 6.90. The number of halogens is 1. The summed E-state index contributed by atoms with van der Waals surface area (Å²) in [4.78, 5) is 0. The molecule has 1 aromatic carbocycles. The highest BCUT2D eigenvalue weighted by Gasteiger charge is 2.26. The first kappa shape index (κ1) is 13.3. The van der Waals surface area contributed by atoms with Gasteiger partial charge in [0.2, 0.25) is 0 Å². The second kappa shape index (κ2) is 6.19. The van der Waals surface area contributed by atoms with E-state index in [1.54, 1.807) is 6.07 Å². The number of hydrogen-bond acceptors (Lipinski definition) is 2. The van der Waals surface area contributed by atoms with E-state index < -0.39 is 0 Å². The fourth-order valence-corrected chi connectivity index (χ4v) is 2.81. The first-order valence-electron chi connectivity index (χ1n) is 6.90. The normalized spacial score (nSPS) is 23.9. The van der Waals surface area contributed by atoms with Gasteiger partial charge in [0, 0.05) is 12.1 Å². The lowest BCUT2D eigenvalue weighted by molar-refractivity contribution is 0.0890. The maximum absolute atomic E-state index is 13.6. The van der Waals surface area contributed by atoms with Gasteiger partial charge < -0.3 is 10.5 Å². The van der Waals surface area contributed by atoms with Crippen LogP contribution >= 0.6 is 0 Å². The summed E-state index contributed by atoms with van der Waals surface area (Å²) < 4.78 is 19.7. The van der Waals surface area contributed by atoms with Crippen LogP contribution in [0.4, 0.5) is 4.39 Å². The molecule has 2 atom stereocenters.